The second kappa shape index (κ2) is 3.92. The molecule has 3 aromatic rings. The van der Waals surface area contributed by atoms with Crippen molar-refractivity contribution in [3.05, 3.63) is 26.7 Å². The average molecular weight is 276 g/mol. The van der Waals surface area contributed by atoms with Gasteiger partial charge in [0.15, 0.2) is 22.6 Å². The molecule has 8 nitrogen and oxygen atoms in total. The van der Waals surface area contributed by atoms with Crippen LogP contribution in [0.1, 0.15) is 5.89 Å². The smallest absolute Gasteiger partial charge is 0.332 e. The van der Waals surface area contributed by atoms with Crippen molar-refractivity contribution in [2.24, 2.45) is 14.1 Å². The van der Waals surface area contributed by atoms with Gasteiger partial charge in [0, 0.05) is 21.0 Å². The minimum absolute atomic E-state index is 0.207. The van der Waals surface area contributed by atoms with Crippen molar-refractivity contribution < 1.29 is 9.15 Å². The van der Waals surface area contributed by atoms with Crippen molar-refractivity contribution in [3.63, 3.8) is 0 Å². The first-order valence-corrected chi connectivity index (χ1v) is 5.86. The monoisotopic (exact) mass is 276 g/mol. The molecular weight excluding hydrogens is 264 g/mol. The molecule has 0 aliphatic heterocycles. The molecule has 0 aliphatic rings. The molecule has 3 heterocycles. The van der Waals surface area contributed by atoms with Gasteiger partial charge >= 0.3 is 5.69 Å². The Balaban J connectivity index is 2.74. The van der Waals surface area contributed by atoms with Crippen molar-refractivity contribution in [3.8, 4) is 5.88 Å². The number of nitrogens with zero attached hydrogens (tertiary/aromatic N) is 4. The van der Waals surface area contributed by atoms with Crippen LogP contribution >= 0.6 is 0 Å². The molecule has 0 amide bonds. The van der Waals surface area contributed by atoms with Gasteiger partial charge in [-0.3, -0.25) is 13.9 Å². The highest BCUT2D eigenvalue weighted by atomic mass is 16.5. The maximum atomic E-state index is 12.3. The molecule has 3 rings (SSSR count). The Morgan fingerprint density at radius 2 is 1.85 bits per heavy atom. The molecule has 0 saturated heterocycles. The molecular formula is C12H12N4O4. The summed E-state index contributed by atoms with van der Waals surface area (Å²) in [5, 5.41) is 0.214. The third kappa shape index (κ3) is 1.41. The molecule has 0 atom stereocenters. The van der Waals surface area contributed by atoms with Crippen molar-refractivity contribution in [1.82, 2.24) is 19.1 Å². The number of aryl methyl sites for hydroxylation is 2. The van der Waals surface area contributed by atoms with Crippen LogP contribution in [0.25, 0.3) is 22.1 Å². The lowest BCUT2D eigenvalue weighted by Gasteiger charge is -2.08. The van der Waals surface area contributed by atoms with Gasteiger partial charge in [0.05, 0.1) is 7.11 Å². The molecule has 104 valence electrons. The van der Waals surface area contributed by atoms with Crippen LogP contribution < -0.4 is 16.0 Å². The summed E-state index contributed by atoms with van der Waals surface area (Å²) in [6.07, 6.45) is 0. The fourth-order valence-electron chi connectivity index (χ4n) is 2.20. The van der Waals surface area contributed by atoms with Gasteiger partial charge in [0.25, 0.3) is 5.56 Å². The molecule has 0 saturated carbocycles. The predicted octanol–water partition coefficient (Wildman–Crippen LogP) is 0.0904. The van der Waals surface area contributed by atoms with E-state index in [1.165, 1.54) is 25.8 Å². The molecule has 20 heavy (non-hydrogen) atoms. The van der Waals surface area contributed by atoms with E-state index in [4.69, 9.17) is 9.15 Å². The van der Waals surface area contributed by atoms with Crippen molar-refractivity contribution in [1.29, 1.82) is 0 Å². The fraction of sp³-hybridized carbons (Fsp3) is 0.333. The maximum absolute atomic E-state index is 12.3. The van der Waals surface area contributed by atoms with Crippen LogP contribution in [-0.4, -0.2) is 26.2 Å². The zero-order chi connectivity index (χ0) is 14.6. The number of hydrogen-bond donors (Lipinski definition) is 0. The number of ether oxygens (including phenoxy) is 1. The Hall–Kier alpha value is -2.64. The van der Waals surface area contributed by atoms with E-state index < -0.39 is 11.2 Å². The number of hydrogen-bond acceptors (Lipinski definition) is 6. The average Bonchev–Trinajstić information content (AvgIpc) is 2.82. The third-order valence-electron chi connectivity index (χ3n) is 3.20. The molecule has 0 bridgehead atoms. The SMILES string of the molecule is COc1nc2c(c(=O)n(C)c(=O)n2C)c2oc(C)nc12. The first kappa shape index (κ1) is 12.4. The molecule has 0 radical (unpaired) electrons. The minimum atomic E-state index is -0.473. The number of rotatable bonds is 1. The normalized spacial score (nSPS) is 11.4. The van der Waals surface area contributed by atoms with Crippen molar-refractivity contribution in [2.75, 3.05) is 7.11 Å². The lowest BCUT2D eigenvalue weighted by atomic mass is 10.3. The Morgan fingerprint density at radius 3 is 2.50 bits per heavy atom. The van der Waals surface area contributed by atoms with Crippen LogP contribution in [0.2, 0.25) is 0 Å². The Bertz CT molecular complexity index is 964. The van der Waals surface area contributed by atoms with Crippen LogP contribution in [0.15, 0.2) is 14.0 Å². The zero-order valence-electron chi connectivity index (χ0n) is 11.4. The molecule has 0 spiro atoms. The highest BCUT2D eigenvalue weighted by molar-refractivity contribution is 6.01. The van der Waals surface area contributed by atoms with E-state index in [1.54, 1.807) is 6.92 Å². The zero-order valence-corrected chi connectivity index (χ0v) is 11.4. The Labute approximate surface area is 112 Å². The van der Waals surface area contributed by atoms with E-state index >= 15 is 0 Å². The van der Waals surface area contributed by atoms with E-state index in [9.17, 15) is 9.59 Å². The second-order valence-electron chi connectivity index (χ2n) is 4.44. The van der Waals surface area contributed by atoms with Gasteiger partial charge in [-0.2, -0.15) is 4.98 Å². The van der Waals surface area contributed by atoms with E-state index in [0.717, 1.165) is 4.57 Å². The van der Waals surface area contributed by atoms with Gasteiger partial charge in [0.2, 0.25) is 5.88 Å². The highest BCUT2D eigenvalue weighted by Gasteiger charge is 2.20. The van der Waals surface area contributed by atoms with Gasteiger partial charge in [-0.1, -0.05) is 0 Å². The lowest BCUT2D eigenvalue weighted by Crippen LogP contribution is -2.37. The first-order valence-electron chi connectivity index (χ1n) is 5.86. The summed E-state index contributed by atoms with van der Waals surface area (Å²) in [5.41, 5.74) is -0.0838. The standard InChI is InChI=1S/C12H12N4O4/c1-5-13-7-8(20-5)6-9(14-10(7)19-4)15(2)12(18)16(3)11(6)17/h1-4H3. The van der Waals surface area contributed by atoms with Crippen molar-refractivity contribution >= 4 is 22.1 Å². The van der Waals surface area contributed by atoms with Crippen LogP contribution in [-0.2, 0) is 14.1 Å². The maximum Gasteiger partial charge on any atom is 0.332 e. The molecule has 8 heteroatoms. The number of pyridine rings is 1. The topological polar surface area (TPSA) is 92.2 Å². The van der Waals surface area contributed by atoms with E-state index in [0.29, 0.717) is 11.4 Å². The molecule has 0 fully saturated rings. The van der Waals surface area contributed by atoms with Crippen LogP contribution in [0.5, 0.6) is 5.88 Å². The Morgan fingerprint density at radius 1 is 1.15 bits per heavy atom. The summed E-state index contributed by atoms with van der Waals surface area (Å²) in [6.45, 7) is 1.66. The molecule has 3 aromatic heterocycles. The van der Waals surface area contributed by atoms with Gasteiger partial charge in [-0.15, -0.1) is 0 Å². The number of aromatic nitrogens is 4. The van der Waals surface area contributed by atoms with Crippen LogP contribution in [0.4, 0.5) is 0 Å². The fourth-order valence-corrected chi connectivity index (χ4v) is 2.20. The van der Waals surface area contributed by atoms with Crippen LogP contribution in [0.3, 0.4) is 0 Å². The number of methoxy groups -OCH3 is 1. The molecule has 0 aliphatic carbocycles. The second-order valence-corrected chi connectivity index (χ2v) is 4.44. The quantitative estimate of drug-likeness (QED) is 0.625. The molecule has 0 aromatic carbocycles. The Kier molecular flexibility index (Phi) is 2.43. The van der Waals surface area contributed by atoms with Gasteiger partial charge < -0.3 is 9.15 Å². The van der Waals surface area contributed by atoms with Crippen molar-refractivity contribution in [2.45, 2.75) is 6.92 Å². The van der Waals surface area contributed by atoms with E-state index in [-0.39, 0.29) is 22.5 Å². The molecule has 0 unspecified atom stereocenters. The summed E-state index contributed by atoms with van der Waals surface area (Å²) in [7, 11) is 4.38. The highest BCUT2D eigenvalue weighted by Crippen LogP contribution is 2.28. The van der Waals surface area contributed by atoms with Gasteiger partial charge in [0.1, 0.15) is 5.39 Å². The van der Waals surface area contributed by atoms with Crippen LogP contribution in [0, 0.1) is 6.92 Å². The number of fused-ring (bicyclic) bond motifs is 3. The van der Waals surface area contributed by atoms with E-state index in [1.807, 2.05) is 0 Å². The minimum Gasteiger partial charge on any atom is -0.479 e. The molecule has 0 N–H and O–H groups in total. The van der Waals surface area contributed by atoms with Gasteiger partial charge in [-0.25, -0.2) is 9.78 Å². The lowest BCUT2D eigenvalue weighted by molar-refractivity contribution is 0.403. The van der Waals surface area contributed by atoms with E-state index in [2.05, 4.69) is 9.97 Å². The first-order chi connectivity index (χ1) is 9.45. The summed E-state index contributed by atoms with van der Waals surface area (Å²) in [5.74, 6) is 0.608. The third-order valence-corrected chi connectivity index (χ3v) is 3.20. The van der Waals surface area contributed by atoms with Gasteiger partial charge in [-0.05, 0) is 0 Å². The summed E-state index contributed by atoms with van der Waals surface area (Å²) in [6, 6.07) is 0. The predicted molar refractivity (Wildman–Crippen MR) is 71.1 cm³/mol. The largest absolute Gasteiger partial charge is 0.479 e. The summed E-state index contributed by atoms with van der Waals surface area (Å²) >= 11 is 0. The summed E-state index contributed by atoms with van der Waals surface area (Å²) < 4.78 is 12.9. The summed E-state index contributed by atoms with van der Waals surface area (Å²) in [4.78, 5) is 32.6. The number of oxazole rings is 1.